The highest BCUT2D eigenvalue weighted by atomic mass is 16.4. The second kappa shape index (κ2) is 6.20. The molecule has 0 bridgehead atoms. The first kappa shape index (κ1) is 14.6. The summed E-state index contributed by atoms with van der Waals surface area (Å²) in [5.41, 5.74) is 2.08. The van der Waals surface area contributed by atoms with Crippen LogP contribution in [0, 0.1) is 5.92 Å². The zero-order valence-electron chi connectivity index (χ0n) is 12.2. The van der Waals surface area contributed by atoms with E-state index >= 15 is 0 Å². The Morgan fingerprint density at radius 3 is 2.55 bits per heavy atom. The van der Waals surface area contributed by atoms with Crippen molar-refractivity contribution >= 4 is 5.97 Å². The topological polar surface area (TPSA) is 60.8 Å². The third-order valence-electron chi connectivity index (χ3n) is 4.26. The van der Waals surface area contributed by atoms with Gasteiger partial charge in [0.25, 0.3) is 0 Å². The zero-order valence-corrected chi connectivity index (χ0v) is 12.2. The number of likely N-dealkylation sites (tertiary alicyclic amines) is 1. The molecule has 3 rings (SSSR count). The SMILES string of the molecule is O=C(O)[C@H]1CN(Cc2cccc(O)c2)C[C@@H]1c1ccccc1. The monoisotopic (exact) mass is 297 g/mol. The number of carboxylic acid groups (broad SMARTS) is 1. The maximum atomic E-state index is 11.6. The summed E-state index contributed by atoms with van der Waals surface area (Å²) in [6.45, 7) is 1.91. The van der Waals surface area contributed by atoms with Crippen LogP contribution in [-0.2, 0) is 11.3 Å². The van der Waals surface area contributed by atoms with Gasteiger partial charge < -0.3 is 10.2 Å². The summed E-state index contributed by atoms with van der Waals surface area (Å²) >= 11 is 0. The number of carboxylic acids is 1. The molecular weight excluding hydrogens is 278 g/mol. The molecule has 114 valence electrons. The highest BCUT2D eigenvalue weighted by molar-refractivity contribution is 5.72. The molecule has 4 heteroatoms. The van der Waals surface area contributed by atoms with E-state index in [2.05, 4.69) is 4.90 Å². The Hall–Kier alpha value is -2.33. The second-order valence-electron chi connectivity index (χ2n) is 5.83. The van der Waals surface area contributed by atoms with Crippen LogP contribution in [0.5, 0.6) is 5.75 Å². The Balaban J connectivity index is 1.77. The lowest BCUT2D eigenvalue weighted by Gasteiger charge is -2.16. The van der Waals surface area contributed by atoms with Gasteiger partial charge >= 0.3 is 5.97 Å². The van der Waals surface area contributed by atoms with Crippen molar-refractivity contribution < 1.29 is 15.0 Å². The van der Waals surface area contributed by atoms with E-state index in [-0.39, 0.29) is 17.6 Å². The molecule has 2 aromatic carbocycles. The van der Waals surface area contributed by atoms with Crippen LogP contribution in [0.1, 0.15) is 17.0 Å². The number of rotatable bonds is 4. The average molecular weight is 297 g/mol. The van der Waals surface area contributed by atoms with E-state index < -0.39 is 5.97 Å². The van der Waals surface area contributed by atoms with Gasteiger partial charge in [0, 0.05) is 25.6 Å². The van der Waals surface area contributed by atoms with Crippen LogP contribution in [0.25, 0.3) is 0 Å². The third kappa shape index (κ3) is 3.12. The van der Waals surface area contributed by atoms with Gasteiger partial charge in [-0.2, -0.15) is 0 Å². The average Bonchev–Trinajstić information content (AvgIpc) is 2.92. The van der Waals surface area contributed by atoms with Crippen molar-refractivity contribution in [1.82, 2.24) is 4.90 Å². The van der Waals surface area contributed by atoms with Gasteiger partial charge in [-0.15, -0.1) is 0 Å². The van der Waals surface area contributed by atoms with Gasteiger partial charge in [0.1, 0.15) is 5.75 Å². The van der Waals surface area contributed by atoms with Crippen LogP contribution >= 0.6 is 0 Å². The normalized spacial score (nSPS) is 21.8. The standard InChI is InChI=1S/C18H19NO3/c20-15-8-4-5-13(9-15)10-19-11-16(17(12-19)18(21)22)14-6-2-1-3-7-14/h1-9,16-17,20H,10-12H2,(H,21,22)/t16-,17+/m1/s1. The van der Waals surface area contributed by atoms with Gasteiger partial charge in [0.15, 0.2) is 0 Å². The van der Waals surface area contributed by atoms with Crippen LogP contribution in [0.4, 0.5) is 0 Å². The number of hydrogen-bond donors (Lipinski definition) is 2. The van der Waals surface area contributed by atoms with Gasteiger partial charge in [0.2, 0.25) is 0 Å². The number of carbonyl (C=O) groups is 1. The first-order chi connectivity index (χ1) is 10.6. The van der Waals surface area contributed by atoms with Crippen molar-refractivity contribution in [3.63, 3.8) is 0 Å². The molecule has 0 unspecified atom stereocenters. The highest BCUT2D eigenvalue weighted by Crippen LogP contribution is 2.33. The summed E-state index contributed by atoms with van der Waals surface area (Å²) in [7, 11) is 0. The molecule has 2 N–H and O–H groups in total. The molecule has 1 heterocycles. The lowest BCUT2D eigenvalue weighted by atomic mass is 9.89. The van der Waals surface area contributed by atoms with E-state index in [0.717, 1.165) is 17.7 Å². The predicted molar refractivity (Wildman–Crippen MR) is 83.7 cm³/mol. The highest BCUT2D eigenvalue weighted by Gasteiger charge is 2.38. The van der Waals surface area contributed by atoms with E-state index in [9.17, 15) is 15.0 Å². The summed E-state index contributed by atoms with van der Waals surface area (Å²) in [6.07, 6.45) is 0. The van der Waals surface area contributed by atoms with Crippen molar-refractivity contribution in [3.8, 4) is 5.75 Å². The molecule has 0 aliphatic carbocycles. The summed E-state index contributed by atoms with van der Waals surface area (Å²) in [5.74, 6) is -0.880. The van der Waals surface area contributed by atoms with Crippen LogP contribution in [0.15, 0.2) is 54.6 Å². The van der Waals surface area contributed by atoms with E-state index in [1.165, 1.54) is 0 Å². The second-order valence-corrected chi connectivity index (χ2v) is 5.83. The maximum Gasteiger partial charge on any atom is 0.308 e. The quantitative estimate of drug-likeness (QED) is 0.911. The molecule has 1 aliphatic heterocycles. The minimum absolute atomic E-state index is 0.0102. The Morgan fingerprint density at radius 2 is 1.86 bits per heavy atom. The van der Waals surface area contributed by atoms with Gasteiger partial charge in [-0.3, -0.25) is 9.69 Å². The van der Waals surface area contributed by atoms with Crippen LogP contribution in [-0.4, -0.2) is 34.2 Å². The van der Waals surface area contributed by atoms with Crippen molar-refractivity contribution in [2.75, 3.05) is 13.1 Å². The van der Waals surface area contributed by atoms with Crippen molar-refractivity contribution in [1.29, 1.82) is 0 Å². The minimum Gasteiger partial charge on any atom is -0.508 e. The molecular formula is C18H19NO3. The fraction of sp³-hybridized carbons (Fsp3) is 0.278. The Bertz CT molecular complexity index is 656. The molecule has 1 aliphatic rings. The van der Waals surface area contributed by atoms with Gasteiger partial charge in [0.05, 0.1) is 5.92 Å². The van der Waals surface area contributed by atoms with Gasteiger partial charge in [-0.05, 0) is 23.3 Å². The van der Waals surface area contributed by atoms with E-state index in [1.54, 1.807) is 12.1 Å². The van der Waals surface area contributed by atoms with Crippen LogP contribution in [0.2, 0.25) is 0 Å². The lowest BCUT2D eigenvalue weighted by Crippen LogP contribution is -2.23. The first-order valence-electron chi connectivity index (χ1n) is 7.41. The Labute approximate surface area is 129 Å². The Kier molecular flexibility index (Phi) is 4.11. The molecule has 0 spiro atoms. The smallest absolute Gasteiger partial charge is 0.308 e. The van der Waals surface area contributed by atoms with Crippen LogP contribution in [0.3, 0.4) is 0 Å². The number of nitrogens with zero attached hydrogens (tertiary/aromatic N) is 1. The summed E-state index contributed by atoms with van der Waals surface area (Å²) in [6, 6.07) is 17.0. The molecule has 2 atom stereocenters. The van der Waals surface area contributed by atoms with E-state index in [4.69, 9.17) is 0 Å². The lowest BCUT2D eigenvalue weighted by molar-refractivity contribution is -0.141. The van der Waals surface area contributed by atoms with Crippen molar-refractivity contribution in [2.45, 2.75) is 12.5 Å². The van der Waals surface area contributed by atoms with Crippen molar-refractivity contribution in [3.05, 3.63) is 65.7 Å². The van der Waals surface area contributed by atoms with E-state index in [0.29, 0.717) is 13.1 Å². The fourth-order valence-corrected chi connectivity index (χ4v) is 3.22. The number of benzene rings is 2. The summed E-state index contributed by atoms with van der Waals surface area (Å²) in [5, 5.41) is 19.1. The zero-order chi connectivity index (χ0) is 15.5. The maximum absolute atomic E-state index is 11.6. The Morgan fingerprint density at radius 1 is 1.09 bits per heavy atom. The molecule has 0 saturated carbocycles. The molecule has 0 amide bonds. The molecule has 1 fully saturated rings. The first-order valence-corrected chi connectivity index (χ1v) is 7.41. The van der Waals surface area contributed by atoms with Crippen LogP contribution < -0.4 is 0 Å². The van der Waals surface area contributed by atoms with Gasteiger partial charge in [-0.25, -0.2) is 0 Å². The molecule has 4 nitrogen and oxygen atoms in total. The largest absolute Gasteiger partial charge is 0.508 e. The third-order valence-corrected chi connectivity index (χ3v) is 4.26. The number of phenolic OH excluding ortho intramolecular Hbond substituents is 1. The molecule has 22 heavy (non-hydrogen) atoms. The van der Waals surface area contributed by atoms with Gasteiger partial charge in [-0.1, -0.05) is 42.5 Å². The number of aromatic hydroxyl groups is 1. The molecule has 0 aromatic heterocycles. The molecule has 1 saturated heterocycles. The fourth-order valence-electron chi connectivity index (χ4n) is 3.22. The predicted octanol–water partition coefficient (Wildman–Crippen LogP) is 2.69. The number of aliphatic carboxylic acids is 1. The summed E-state index contributed by atoms with van der Waals surface area (Å²) in [4.78, 5) is 13.7. The minimum atomic E-state index is -0.743. The summed E-state index contributed by atoms with van der Waals surface area (Å²) < 4.78 is 0. The number of phenols is 1. The van der Waals surface area contributed by atoms with Crippen molar-refractivity contribution in [2.24, 2.45) is 5.92 Å². The molecule has 2 aromatic rings. The number of hydrogen-bond acceptors (Lipinski definition) is 3. The molecule has 0 radical (unpaired) electrons. The van der Waals surface area contributed by atoms with E-state index in [1.807, 2.05) is 42.5 Å².